The second kappa shape index (κ2) is 12.9. The van der Waals surface area contributed by atoms with Crippen molar-refractivity contribution in [3.8, 4) is 6.07 Å². The van der Waals surface area contributed by atoms with Crippen LogP contribution in [0.25, 0.3) is 11.8 Å². The Kier molecular flexibility index (Phi) is 9.65. The lowest BCUT2D eigenvalue weighted by Gasteiger charge is -2.41. The molecule has 2 heterocycles. The summed E-state index contributed by atoms with van der Waals surface area (Å²) in [7, 11) is 0. The number of aliphatic hydroxyl groups is 1. The van der Waals surface area contributed by atoms with Crippen LogP contribution in [-0.2, 0) is 17.8 Å². The molecule has 2 fully saturated rings. The van der Waals surface area contributed by atoms with Crippen molar-refractivity contribution in [2.75, 3.05) is 31.6 Å². The Morgan fingerprint density at radius 3 is 2.74 bits per heavy atom. The summed E-state index contributed by atoms with van der Waals surface area (Å²) in [6.45, 7) is 8.69. The van der Waals surface area contributed by atoms with Gasteiger partial charge < -0.3 is 20.6 Å². The Bertz CT molecular complexity index is 1390. The van der Waals surface area contributed by atoms with Crippen molar-refractivity contribution in [2.24, 2.45) is 11.8 Å². The smallest absolute Gasteiger partial charge is 0.270 e. The Balaban J connectivity index is 1.48. The molecule has 9 heteroatoms. The summed E-state index contributed by atoms with van der Waals surface area (Å²) in [4.78, 5) is 28.5. The molecule has 0 radical (unpaired) electrons. The van der Waals surface area contributed by atoms with Crippen LogP contribution in [0.3, 0.4) is 0 Å². The largest absolute Gasteiger partial charge is 0.394 e. The number of carbonyl (C=O) groups excluding carboxylic acids is 1. The molecule has 0 spiro atoms. The van der Waals surface area contributed by atoms with Crippen molar-refractivity contribution < 1.29 is 9.90 Å². The van der Waals surface area contributed by atoms with E-state index in [2.05, 4.69) is 27.7 Å². The van der Waals surface area contributed by atoms with Crippen LogP contribution >= 0.6 is 11.3 Å². The number of rotatable bonds is 9. The average molecular weight is 552 g/mol. The van der Waals surface area contributed by atoms with Gasteiger partial charge in [0.25, 0.3) is 11.5 Å². The molecule has 1 aromatic carbocycles. The van der Waals surface area contributed by atoms with Crippen molar-refractivity contribution in [3.63, 3.8) is 0 Å². The third-order valence-corrected chi connectivity index (χ3v) is 9.14. The van der Waals surface area contributed by atoms with Gasteiger partial charge in [-0.25, -0.2) is 0 Å². The zero-order chi connectivity index (χ0) is 28.0. The summed E-state index contributed by atoms with van der Waals surface area (Å²) in [5.74, 6) is 1.21. The summed E-state index contributed by atoms with van der Waals surface area (Å²) in [5, 5.41) is 25.1. The lowest BCUT2D eigenvalue weighted by atomic mass is 9.75. The van der Waals surface area contributed by atoms with Crippen LogP contribution in [-0.4, -0.2) is 52.3 Å². The standard InChI is InChI=1S/C30H41N5O3S/c1-4-35-28(38)26(39-29(35)25(17-31)27(37)33-30(2,3)20-36)18-32-24-11-7-8-21(16-24)12-14-34-15-13-22-9-5-6-10-23(22)19-34/h7-8,11,16,18,22-23,32,36H,4-6,9-10,12-15,19-20H2,1-3H3,(H,33,37)/b26-18+,29-25-/t22-,23-/m1/s1. The normalized spacial score (nSPS) is 21.2. The van der Waals surface area contributed by atoms with Crippen LogP contribution < -0.4 is 25.4 Å². The number of aliphatic hydroxyl groups excluding tert-OH is 1. The molecule has 1 amide bonds. The van der Waals surface area contributed by atoms with Gasteiger partial charge in [0.1, 0.15) is 15.3 Å². The third kappa shape index (κ3) is 7.18. The zero-order valence-corrected chi connectivity index (χ0v) is 24.1. The number of nitrogens with zero attached hydrogens (tertiary/aromatic N) is 3. The maximum atomic E-state index is 13.1. The van der Waals surface area contributed by atoms with Crippen molar-refractivity contribution in [3.05, 3.63) is 49.4 Å². The van der Waals surface area contributed by atoms with E-state index >= 15 is 0 Å². The summed E-state index contributed by atoms with van der Waals surface area (Å²) in [6.07, 6.45) is 9.58. The second-order valence-corrected chi connectivity index (χ2v) is 12.5. The summed E-state index contributed by atoms with van der Waals surface area (Å²) >= 11 is 1.11. The van der Waals surface area contributed by atoms with Gasteiger partial charge in [-0.05, 0) is 76.1 Å². The molecule has 2 atom stereocenters. The maximum Gasteiger partial charge on any atom is 0.270 e. The SMILES string of the molecule is CCn1c(=O)/c(=C\Nc2cccc(CCN3CC[C@H]4CCCC[C@@H]4C3)c2)s/c1=C(/C#N)C(=O)NC(C)(C)CO. The lowest BCUT2D eigenvalue weighted by molar-refractivity contribution is -0.117. The van der Waals surface area contributed by atoms with Gasteiger partial charge in [-0.2, -0.15) is 5.26 Å². The van der Waals surface area contributed by atoms with E-state index in [1.807, 2.05) is 18.2 Å². The number of aromatic nitrogens is 1. The first-order valence-corrected chi connectivity index (χ1v) is 14.9. The van der Waals surface area contributed by atoms with E-state index in [-0.39, 0.29) is 17.7 Å². The van der Waals surface area contributed by atoms with Crippen LogP contribution in [0, 0.1) is 23.2 Å². The molecule has 3 N–H and O–H groups in total. The van der Waals surface area contributed by atoms with E-state index in [9.17, 15) is 20.0 Å². The van der Waals surface area contributed by atoms with Gasteiger partial charge in [0.2, 0.25) is 0 Å². The fourth-order valence-electron chi connectivity index (χ4n) is 5.73. The Hall–Kier alpha value is -2.93. The number of carbonyl (C=O) groups is 1. The number of hydrogen-bond donors (Lipinski definition) is 3. The summed E-state index contributed by atoms with van der Waals surface area (Å²) < 4.78 is 2.16. The molecule has 1 aliphatic heterocycles. The van der Waals surface area contributed by atoms with Crippen LogP contribution in [0.1, 0.15) is 58.4 Å². The molecule has 1 saturated heterocycles. The molecule has 8 nitrogen and oxygen atoms in total. The molecule has 4 rings (SSSR count). The van der Waals surface area contributed by atoms with Gasteiger partial charge in [0.05, 0.1) is 12.1 Å². The number of fused-ring (bicyclic) bond motifs is 1. The molecular weight excluding hydrogens is 510 g/mol. The quantitative estimate of drug-likeness (QED) is 0.442. The molecule has 1 saturated carbocycles. The first kappa shape index (κ1) is 29.1. The summed E-state index contributed by atoms with van der Waals surface area (Å²) in [6, 6.07) is 10.2. The third-order valence-electron chi connectivity index (χ3n) is 8.01. The molecule has 0 unspecified atom stereocenters. The zero-order valence-electron chi connectivity index (χ0n) is 23.3. The predicted molar refractivity (Wildman–Crippen MR) is 157 cm³/mol. The number of benzene rings is 1. The van der Waals surface area contributed by atoms with Gasteiger partial charge >= 0.3 is 0 Å². The Labute approximate surface area is 234 Å². The maximum absolute atomic E-state index is 13.1. The molecular formula is C30H41N5O3S. The topological polar surface area (TPSA) is 110 Å². The number of nitrogens with one attached hydrogen (secondary N) is 2. The highest BCUT2D eigenvalue weighted by Crippen LogP contribution is 2.36. The highest BCUT2D eigenvalue weighted by Gasteiger charge is 2.30. The fourth-order valence-corrected chi connectivity index (χ4v) is 6.82. The van der Waals surface area contributed by atoms with Gasteiger partial charge in [-0.3, -0.25) is 14.2 Å². The lowest BCUT2D eigenvalue weighted by Crippen LogP contribution is -2.47. The van der Waals surface area contributed by atoms with E-state index in [1.54, 1.807) is 27.0 Å². The van der Waals surface area contributed by atoms with Gasteiger partial charge in [0.15, 0.2) is 5.57 Å². The Morgan fingerprint density at radius 2 is 2.03 bits per heavy atom. The fraction of sp³-hybridized carbons (Fsp3) is 0.567. The minimum absolute atomic E-state index is 0.139. The van der Waals surface area contributed by atoms with Gasteiger partial charge in [-0.1, -0.05) is 31.4 Å². The molecule has 39 heavy (non-hydrogen) atoms. The number of amides is 1. The van der Waals surface area contributed by atoms with Crippen LogP contribution in [0.5, 0.6) is 0 Å². The number of anilines is 1. The molecule has 1 aromatic heterocycles. The van der Waals surface area contributed by atoms with E-state index in [4.69, 9.17) is 0 Å². The number of nitriles is 1. The summed E-state index contributed by atoms with van der Waals surface area (Å²) in [5.41, 5.74) is 0.860. The minimum atomic E-state index is -0.887. The highest BCUT2D eigenvalue weighted by atomic mass is 32.1. The van der Waals surface area contributed by atoms with Gasteiger partial charge in [0, 0.05) is 31.5 Å². The molecule has 2 aromatic rings. The second-order valence-electron chi connectivity index (χ2n) is 11.4. The first-order valence-electron chi connectivity index (χ1n) is 14.1. The van der Waals surface area contributed by atoms with Crippen molar-refractivity contribution in [2.45, 2.75) is 71.4 Å². The number of piperidine rings is 1. The Morgan fingerprint density at radius 1 is 1.26 bits per heavy atom. The molecule has 1 aliphatic carbocycles. The average Bonchev–Trinajstić information content (AvgIpc) is 3.25. The van der Waals surface area contributed by atoms with E-state index in [0.717, 1.165) is 41.8 Å². The molecule has 0 bridgehead atoms. The van der Waals surface area contributed by atoms with Crippen molar-refractivity contribution in [1.29, 1.82) is 5.26 Å². The number of thiazole rings is 1. The highest BCUT2D eigenvalue weighted by molar-refractivity contribution is 7.07. The van der Waals surface area contributed by atoms with Crippen LogP contribution in [0.15, 0.2) is 29.1 Å². The van der Waals surface area contributed by atoms with Crippen molar-refractivity contribution in [1.82, 2.24) is 14.8 Å². The first-order chi connectivity index (χ1) is 18.7. The molecule has 2 aliphatic rings. The van der Waals surface area contributed by atoms with Crippen molar-refractivity contribution >= 4 is 34.7 Å². The van der Waals surface area contributed by atoms with Crippen LogP contribution in [0.4, 0.5) is 5.69 Å². The minimum Gasteiger partial charge on any atom is -0.394 e. The van der Waals surface area contributed by atoms with E-state index in [0.29, 0.717) is 15.7 Å². The van der Waals surface area contributed by atoms with E-state index < -0.39 is 11.4 Å². The van der Waals surface area contributed by atoms with E-state index in [1.165, 1.54) is 55.3 Å². The predicted octanol–water partition coefficient (Wildman–Crippen LogP) is 2.40. The monoisotopic (exact) mass is 551 g/mol. The van der Waals surface area contributed by atoms with Gasteiger partial charge in [-0.15, -0.1) is 11.3 Å². The van der Waals surface area contributed by atoms with Crippen LogP contribution in [0.2, 0.25) is 0 Å². The number of likely N-dealkylation sites (tertiary alicyclic amines) is 1. The number of hydrogen-bond acceptors (Lipinski definition) is 7. The molecule has 210 valence electrons.